The number of hydrogen-bond acceptors (Lipinski definition) is 2. The Morgan fingerprint density at radius 3 is 3.00 bits per heavy atom. The molecule has 0 unspecified atom stereocenters. The Kier molecular flexibility index (Phi) is 1.96. The molecule has 0 aliphatic heterocycles. The van der Waals surface area contributed by atoms with Crippen LogP contribution in [0.3, 0.4) is 0 Å². The van der Waals surface area contributed by atoms with Gasteiger partial charge in [-0.15, -0.1) is 0 Å². The lowest BCUT2D eigenvalue weighted by molar-refractivity contribution is 1.20. The summed E-state index contributed by atoms with van der Waals surface area (Å²) in [6.07, 6.45) is 1.85. The van der Waals surface area contributed by atoms with Crippen LogP contribution in [0, 0.1) is 10.6 Å². The maximum Gasteiger partial charge on any atom is 0.102 e. The topological polar surface area (TPSA) is 25.8 Å². The van der Waals surface area contributed by atoms with Gasteiger partial charge in [0.05, 0.1) is 5.52 Å². The Balaban J connectivity index is 2.80. The molecule has 12 heavy (non-hydrogen) atoms. The standard InChI is InChI=1S/C9H7IN2/c1-6-4-8-7(5-11-6)2-3-9(10)12-8/h2-5H,1H3. The minimum absolute atomic E-state index is 1.01. The van der Waals surface area contributed by atoms with Crippen molar-refractivity contribution in [1.82, 2.24) is 9.97 Å². The van der Waals surface area contributed by atoms with Crippen molar-refractivity contribution in [3.8, 4) is 0 Å². The molecule has 0 aromatic carbocycles. The fraction of sp³-hybridized carbons (Fsp3) is 0.111. The summed E-state index contributed by atoms with van der Waals surface area (Å²) in [4.78, 5) is 8.58. The molecule has 2 rings (SSSR count). The van der Waals surface area contributed by atoms with E-state index in [-0.39, 0.29) is 0 Å². The van der Waals surface area contributed by atoms with E-state index in [0.29, 0.717) is 0 Å². The lowest BCUT2D eigenvalue weighted by Gasteiger charge is -1.97. The van der Waals surface area contributed by atoms with Crippen molar-refractivity contribution >= 4 is 33.5 Å². The molecule has 2 heterocycles. The van der Waals surface area contributed by atoms with Gasteiger partial charge in [-0.1, -0.05) is 0 Å². The largest absolute Gasteiger partial charge is 0.261 e. The molecule has 0 N–H and O–H groups in total. The first-order valence-electron chi connectivity index (χ1n) is 3.64. The lowest BCUT2D eigenvalue weighted by Crippen LogP contribution is -1.85. The van der Waals surface area contributed by atoms with Crippen molar-refractivity contribution in [2.75, 3.05) is 0 Å². The van der Waals surface area contributed by atoms with E-state index in [1.54, 1.807) is 0 Å². The molecule has 60 valence electrons. The van der Waals surface area contributed by atoms with Crippen LogP contribution in [0.1, 0.15) is 5.69 Å². The Bertz CT molecular complexity index is 389. The molecule has 0 atom stereocenters. The maximum absolute atomic E-state index is 4.38. The van der Waals surface area contributed by atoms with Crippen LogP contribution in [0.5, 0.6) is 0 Å². The first-order valence-corrected chi connectivity index (χ1v) is 4.72. The number of halogens is 1. The van der Waals surface area contributed by atoms with Gasteiger partial charge in [0, 0.05) is 17.3 Å². The summed E-state index contributed by atoms with van der Waals surface area (Å²) in [7, 11) is 0. The van der Waals surface area contributed by atoms with E-state index in [1.807, 2.05) is 31.3 Å². The first-order chi connectivity index (χ1) is 5.75. The zero-order chi connectivity index (χ0) is 8.55. The molecule has 0 radical (unpaired) electrons. The zero-order valence-electron chi connectivity index (χ0n) is 6.58. The van der Waals surface area contributed by atoms with E-state index in [4.69, 9.17) is 0 Å². The highest BCUT2D eigenvalue weighted by Gasteiger charge is 1.95. The fourth-order valence-electron chi connectivity index (χ4n) is 1.09. The molecule has 0 spiro atoms. The molecule has 2 aromatic rings. The minimum Gasteiger partial charge on any atom is -0.261 e. The second-order valence-corrected chi connectivity index (χ2v) is 3.76. The van der Waals surface area contributed by atoms with E-state index >= 15 is 0 Å². The quantitative estimate of drug-likeness (QED) is 0.543. The van der Waals surface area contributed by atoms with Crippen molar-refractivity contribution in [3.63, 3.8) is 0 Å². The monoisotopic (exact) mass is 270 g/mol. The molecular formula is C9H7IN2. The van der Waals surface area contributed by atoms with Crippen LogP contribution in [0.2, 0.25) is 0 Å². The van der Waals surface area contributed by atoms with Crippen LogP contribution in [0.4, 0.5) is 0 Å². The Morgan fingerprint density at radius 2 is 2.17 bits per heavy atom. The molecule has 0 saturated heterocycles. The number of aryl methyl sites for hydroxylation is 1. The maximum atomic E-state index is 4.38. The summed E-state index contributed by atoms with van der Waals surface area (Å²) in [5.41, 5.74) is 2.03. The van der Waals surface area contributed by atoms with E-state index < -0.39 is 0 Å². The molecule has 0 amide bonds. The van der Waals surface area contributed by atoms with Gasteiger partial charge >= 0.3 is 0 Å². The normalized spacial score (nSPS) is 10.5. The number of fused-ring (bicyclic) bond motifs is 1. The van der Waals surface area contributed by atoms with Gasteiger partial charge in [0.2, 0.25) is 0 Å². The van der Waals surface area contributed by atoms with Crippen molar-refractivity contribution in [2.45, 2.75) is 6.92 Å². The highest BCUT2D eigenvalue weighted by atomic mass is 127. The molecule has 0 bridgehead atoms. The third kappa shape index (κ3) is 1.41. The molecule has 0 saturated carbocycles. The summed E-state index contributed by atoms with van der Waals surface area (Å²) in [5.74, 6) is 0. The Morgan fingerprint density at radius 1 is 1.33 bits per heavy atom. The lowest BCUT2D eigenvalue weighted by atomic mass is 10.2. The number of aromatic nitrogens is 2. The van der Waals surface area contributed by atoms with Crippen molar-refractivity contribution in [3.05, 3.63) is 33.8 Å². The Labute approximate surface area is 84.2 Å². The van der Waals surface area contributed by atoms with Crippen molar-refractivity contribution in [1.29, 1.82) is 0 Å². The van der Waals surface area contributed by atoms with Gasteiger partial charge < -0.3 is 0 Å². The van der Waals surface area contributed by atoms with Gasteiger partial charge in [-0.2, -0.15) is 0 Å². The van der Waals surface area contributed by atoms with Gasteiger partial charge in [0.1, 0.15) is 3.70 Å². The molecule has 0 fully saturated rings. The second kappa shape index (κ2) is 2.97. The van der Waals surface area contributed by atoms with Gasteiger partial charge in [-0.3, -0.25) is 4.98 Å². The molecule has 0 aliphatic rings. The Hall–Kier alpha value is -0.710. The van der Waals surface area contributed by atoms with Crippen LogP contribution in [-0.2, 0) is 0 Å². The predicted molar refractivity (Wildman–Crippen MR) is 57.0 cm³/mol. The smallest absolute Gasteiger partial charge is 0.102 e. The summed E-state index contributed by atoms with van der Waals surface area (Å²) >= 11 is 2.21. The van der Waals surface area contributed by atoms with Crippen LogP contribution >= 0.6 is 22.6 Å². The summed E-state index contributed by atoms with van der Waals surface area (Å²) in [5, 5.41) is 1.10. The summed E-state index contributed by atoms with van der Waals surface area (Å²) < 4.78 is 1.02. The number of pyridine rings is 2. The van der Waals surface area contributed by atoms with Crippen LogP contribution < -0.4 is 0 Å². The molecule has 2 aromatic heterocycles. The van der Waals surface area contributed by atoms with E-state index in [9.17, 15) is 0 Å². The van der Waals surface area contributed by atoms with Gasteiger partial charge in [0.15, 0.2) is 0 Å². The summed E-state index contributed by atoms with van der Waals surface area (Å²) in [6, 6.07) is 6.02. The summed E-state index contributed by atoms with van der Waals surface area (Å²) in [6.45, 7) is 1.97. The number of rotatable bonds is 0. The fourth-order valence-corrected chi connectivity index (χ4v) is 1.53. The molecule has 2 nitrogen and oxygen atoms in total. The highest BCUT2D eigenvalue weighted by Crippen LogP contribution is 2.12. The van der Waals surface area contributed by atoms with Crippen molar-refractivity contribution in [2.24, 2.45) is 0 Å². The predicted octanol–water partition coefficient (Wildman–Crippen LogP) is 2.54. The van der Waals surface area contributed by atoms with Gasteiger partial charge in [0.25, 0.3) is 0 Å². The van der Waals surface area contributed by atoms with Crippen LogP contribution in [-0.4, -0.2) is 9.97 Å². The minimum atomic E-state index is 1.01. The van der Waals surface area contributed by atoms with Crippen LogP contribution in [0.15, 0.2) is 24.4 Å². The van der Waals surface area contributed by atoms with Crippen molar-refractivity contribution < 1.29 is 0 Å². The van der Waals surface area contributed by atoms with Gasteiger partial charge in [-0.05, 0) is 47.7 Å². The average Bonchev–Trinajstić information content (AvgIpc) is 2.03. The van der Waals surface area contributed by atoms with E-state index in [0.717, 1.165) is 20.3 Å². The van der Waals surface area contributed by atoms with Gasteiger partial charge in [-0.25, -0.2) is 4.98 Å². The third-order valence-corrected chi connectivity index (χ3v) is 2.28. The van der Waals surface area contributed by atoms with E-state index in [1.165, 1.54) is 0 Å². The number of nitrogens with zero attached hydrogens (tertiary/aromatic N) is 2. The molecular weight excluding hydrogens is 263 g/mol. The molecule has 3 heteroatoms. The average molecular weight is 270 g/mol. The molecule has 0 aliphatic carbocycles. The third-order valence-electron chi connectivity index (χ3n) is 1.68. The van der Waals surface area contributed by atoms with E-state index in [2.05, 4.69) is 32.6 Å². The van der Waals surface area contributed by atoms with Crippen LogP contribution in [0.25, 0.3) is 10.9 Å². The highest BCUT2D eigenvalue weighted by molar-refractivity contribution is 14.1. The number of hydrogen-bond donors (Lipinski definition) is 0. The second-order valence-electron chi connectivity index (χ2n) is 2.65. The zero-order valence-corrected chi connectivity index (χ0v) is 8.74. The SMILES string of the molecule is Cc1cc2nc(I)ccc2cn1. The first kappa shape index (κ1) is 7.91.